The molecule has 0 radical (unpaired) electrons. The fourth-order valence-electron chi connectivity index (χ4n) is 1.52. The van der Waals surface area contributed by atoms with Gasteiger partial charge in [0.15, 0.2) is 0 Å². The van der Waals surface area contributed by atoms with Gasteiger partial charge in [-0.2, -0.15) is 0 Å². The lowest BCUT2D eigenvalue weighted by atomic mass is 10.3. The number of rotatable bonds is 8. The highest BCUT2D eigenvalue weighted by molar-refractivity contribution is 5.37. The van der Waals surface area contributed by atoms with Crippen molar-refractivity contribution in [3.05, 3.63) is 30.7 Å². The molecule has 18 heavy (non-hydrogen) atoms. The summed E-state index contributed by atoms with van der Waals surface area (Å²) in [5.74, 6) is 0.770. The molecule has 0 spiro atoms. The number of anilines is 1. The van der Waals surface area contributed by atoms with Crippen molar-refractivity contribution in [3.63, 3.8) is 0 Å². The van der Waals surface area contributed by atoms with Crippen LogP contribution >= 0.6 is 0 Å². The third kappa shape index (κ3) is 4.81. The lowest BCUT2D eigenvalue weighted by molar-refractivity contribution is 0.302. The van der Waals surface area contributed by atoms with E-state index in [1.54, 1.807) is 18.5 Å². The summed E-state index contributed by atoms with van der Waals surface area (Å²) in [6.45, 7) is 9.85. The maximum Gasteiger partial charge on any atom is 0.147 e. The van der Waals surface area contributed by atoms with Gasteiger partial charge in [0.2, 0.25) is 0 Å². The SMILES string of the molecule is C=CCN(CCO)c1cncc(CNC(C)C)n1. The third-order valence-corrected chi connectivity index (χ3v) is 2.41. The van der Waals surface area contributed by atoms with Gasteiger partial charge in [0.1, 0.15) is 5.82 Å². The molecule has 1 heterocycles. The molecule has 1 aromatic rings. The van der Waals surface area contributed by atoms with Crippen molar-refractivity contribution in [2.24, 2.45) is 0 Å². The molecule has 0 saturated carbocycles. The van der Waals surface area contributed by atoms with Crippen LogP contribution in [-0.4, -0.2) is 40.8 Å². The molecule has 0 aliphatic carbocycles. The van der Waals surface area contributed by atoms with E-state index in [4.69, 9.17) is 5.11 Å². The molecule has 0 fully saturated rings. The second-order valence-corrected chi connectivity index (χ2v) is 4.36. The summed E-state index contributed by atoms with van der Waals surface area (Å²) in [6.07, 6.45) is 5.25. The van der Waals surface area contributed by atoms with E-state index >= 15 is 0 Å². The summed E-state index contributed by atoms with van der Waals surface area (Å²) in [5.41, 5.74) is 0.896. The molecule has 1 aromatic heterocycles. The Morgan fingerprint density at radius 1 is 1.50 bits per heavy atom. The standard InChI is InChI=1S/C13H22N4O/c1-4-5-17(6-7-18)13-10-14-8-12(16-13)9-15-11(2)3/h4,8,10-11,15,18H,1,5-7,9H2,2-3H3. The van der Waals surface area contributed by atoms with Crippen LogP contribution in [0.5, 0.6) is 0 Å². The molecule has 0 aromatic carbocycles. The molecular weight excluding hydrogens is 228 g/mol. The molecule has 0 aliphatic rings. The van der Waals surface area contributed by atoms with Crippen LogP contribution in [0.3, 0.4) is 0 Å². The second kappa shape index (κ2) is 7.79. The van der Waals surface area contributed by atoms with Crippen LogP contribution in [0.4, 0.5) is 5.82 Å². The second-order valence-electron chi connectivity index (χ2n) is 4.36. The van der Waals surface area contributed by atoms with Gasteiger partial charge >= 0.3 is 0 Å². The topological polar surface area (TPSA) is 61.3 Å². The summed E-state index contributed by atoms with van der Waals surface area (Å²) in [6, 6.07) is 0.414. The van der Waals surface area contributed by atoms with E-state index in [0.29, 0.717) is 25.7 Å². The molecule has 0 atom stereocenters. The molecule has 1 rings (SSSR count). The van der Waals surface area contributed by atoms with Crippen molar-refractivity contribution >= 4 is 5.82 Å². The zero-order chi connectivity index (χ0) is 13.4. The molecule has 0 aliphatic heterocycles. The molecular formula is C13H22N4O. The van der Waals surface area contributed by atoms with Crippen LogP contribution in [0.1, 0.15) is 19.5 Å². The molecule has 5 nitrogen and oxygen atoms in total. The first-order valence-electron chi connectivity index (χ1n) is 6.18. The molecule has 0 unspecified atom stereocenters. The first kappa shape index (κ1) is 14.6. The number of nitrogens with zero attached hydrogens (tertiary/aromatic N) is 3. The summed E-state index contributed by atoms with van der Waals surface area (Å²) in [4.78, 5) is 10.7. The van der Waals surface area contributed by atoms with E-state index in [9.17, 15) is 0 Å². The van der Waals surface area contributed by atoms with E-state index in [0.717, 1.165) is 11.5 Å². The third-order valence-electron chi connectivity index (χ3n) is 2.41. The Kier molecular flexibility index (Phi) is 6.32. The number of aliphatic hydroxyl groups is 1. The number of aromatic nitrogens is 2. The molecule has 0 saturated heterocycles. The van der Waals surface area contributed by atoms with Crippen LogP contribution in [0.25, 0.3) is 0 Å². The Morgan fingerprint density at radius 2 is 2.28 bits per heavy atom. The highest BCUT2D eigenvalue weighted by atomic mass is 16.3. The minimum absolute atomic E-state index is 0.0873. The fourth-order valence-corrected chi connectivity index (χ4v) is 1.52. The van der Waals surface area contributed by atoms with E-state index in [-0.39, 0.29) is 6.61 Å². The summed E-state index contributed by atoms with van der Waals surface area (Å²) >= 11 is 0. The Labute approximate surface area is 109 Å². The number of nitrogens with one attached hydrogen (secondary N) is 1. The Hall–Kier alpha value is -1.46. The highest BCUT2D eigenvalue weighted by Crippen LogP contribution is 2.09. The maximum absolute atomic E-state index is 9.03. The lowest BCUT2D eigenvalue weighted by Gasteiger charge is -2.21. The zero-order valence-electron chi connectivity index (χ0n) is 11.1. The first-order chi connectivity index (χ1) is 8.67. The van der Waals surface area contributed by atoms with Crippen molar-refractivity contribution in [2.75, 3.05) is 24.6 Å². The van der Waals surface area contributed by atoms with Crippen molar-refractivity contribution in [3.8, 4) is 0 Å². The van der Waals surface area contributed by atoms with Gasteiger partial charge in [-0.3, -0.25) is 4.98 Å². The Morgan fingerprint density at radius 3 is 2.89 bits per heavy atom. The number of hydrogen-bond acceptors (Lipinski definition) is 5. The van der Waals surface area contributed by atoms with E-state index < -0.39 is 0 Å². The van der Waals surface area contributed by atoms with E-state index in [2.05, 4.69) is 35.7 Å². The Bertz CT molecular complexity index is 368. The molecule has 5 heteroatoms. The van der Waals surface area contributed by atoms with Crippen molar-refractivity contribution in [1.82, 2.24) is 15.3 Å². The quantitative estimate of drug-likeness (QED) is 0.673. The highest BCUT2D eigenvalue weighted by Gasteiger charge is 2.07. The van der Waals surface area contributed by atoms with Crippen LogP contribution in [0, 0.1) is 0 Å². The zero-order valence-corrected chi connectivity index (χ0v) is 11.1. The molecule has 0 amide bonds. The van der Waals surface area contributed by atoms with Crippen LogP contribution in [0.2, 0.25) is 0 Å². The number of hydrogen-bond donors (Lipinski definition) is 2. The predicted molar refractivity (Wildman–Crippen MR) is 73.5 cm³/mol. The monoisotopic (exact) mass is 250 g/mol. The van der Waals surface area contributed by atoms with Crippen molar-refractivity contribution < 1.29 is 5.11 Å². The summed E-state index contributed by atoms with van der Waals surface area (Å²) in [7, 11) is 0. The predicted octanol–water partition coefficient (Wildman–Crippen LogP) is 0.959. The van der Waals surface area contributed by atoms with Crippen molar-refractivity contribution in [1.29, 1.82) is 0 Å². The normalized spacial score (nSPS) is 10.7. The molecule has 100 valence electrons. The van der Waals surface area contributed by atoms with Gasteiger partial charge in [-0.25, -0.2) is 4.98 Å². The van der Waals surface area contributed by atoms with Crippen molar-refractivity contribution in [2.45, 2.75) is 26.4 Å². The minimum Gasteiger partial charge on any atom is -0.395 e. The van der Waals surface area contributed by atoms with E-state index in [1.807, 2.05) is 4.90 Å². The van der Waals surface area contributed by atoms with Gasteiger partial charge in [-0.15, -0.1) is 6.58 Å². The smallest absolute Gasteiger partial charge is 0.147 e. The lowest BCUT2D eigenvalue weighted by Crippen LogP contribution is -2.28. The van der Waals surface area contributed by atoms with Crippen LogP contribution in [0.15, 0.2) is 25.0 Å². The average molecular weight is 250 g/mol. The number of aliphatic hydroxyl groups excluding tert-OH is 1. The van der Waals surface area contributed by atoms with Gasteiger partial charge in [-0.05, 0) is 0 Å². The van der Waals surface area contributed by atoms with Gasteiger partial charge < -0.3 is 15.3 Å². The summed E-state index contributed by atoms with van der Waals surface area (Å²) in [5, 5.41) is 12.3. The average Bonchev–Trinajstić information content (AvgIpc) is 2.36. The Balaban J connectivity index is 2.74. The largest absolute Gasteiger partial charge is 0.395 e. The van der Waals surface area contributed by atoms with Gasteiger partial charge in [0.05, 0.1) is 18.5 Å². The first-order valence-corrected chi connectivity index (χ1v) is 6.18. The summed E-state index contributed by atoms with van der Waals surface area (Å²) < 4.78 is 0. The van der Waals surface area contributed by atoms with E-state index in [1.165, 1.54) is 0 Å². The minimum atomic E-state index is 0.0873. The molecule has 2 N–H and O–H groups in total. The van der Waals surface area contributed by atoms with Gasteiger partial charge in [0.25, 0.3) is 0 Å². The fraction of sp³-hybridized carbons (Fsp3) is 0.538. The van der Waals surface area contributed by atoms with Crippen LogP contribution in [-0.2, 0) is 6.54 Å². The van der Waals surface area contributed by atoms with Crippen LogP contribution < -0.4 is 10.2 Å². The van der Waals surface area contributed by atoms with Gasteiger partial charge in [0, 0.05) is 31.9 Å². The maximum atomic E-state index is 9.03. The van der Waals surface area contributed by atoms with Gasteiger partial charge in [-0.1, -0.05) is 19.9 Å². The molecule has 0 bridgehead atoms.